The number of benzene rings is 1. The van der Waals surface area contributed by atoms with Gasteiger partial charge in [0.25, 0.3) is 0 Å². The predicted octanol–water partition coefficient (Wildman–Crippen LogP) is 1.50. The van der Waals surface area contributed by atoms with Gasteiger partial charge in [-0.3, -0.25) is 4.79 Å². The molecule has 0 aliphatic carbocycles. The molecule has 1 amide bonds. The summed E-state index contributed by atoms with van der Waals surface area (Å²) in [6, 6.07) is 5.76. The number of carbonyl (C=O) groups excluding carboxylic acids is 1. The molecule has 104 valence electrons. The maximum atomic E-state index is 11.9. The lowest BCUT2D eigenvalue weighted by Crippen LogP contribution is -2.26. The number of hydrogen-bond acceptors (Lipinski definition) is 4. The highest BCUT2D eigenvalue weighted by molar-refractivity contribution is 5.75. The van der Waals surface area contributed by atoms with Crippen LogP contribution < -0.4 is 15.2 Å². The molecule has 1 aliphatic rings. The van der Waals surface area contributed by atoms with Crippen molar-refractivity contribution in [2.24, 2.45) is 5.73 Å². The molecule has 0 atom stereocenters. The van der Waals surface area contributed by atoms with Crippen LogP contribution in [0, 0.1) is 0 Å². The maximum Gasteiger partial charge on any atom is 0.231 e. The maximum absolute atomic E-state index is 11.9. The molecule has 1 aromatic carbocycles. The summed E-state index contributed by atoms with van der Waals surface area (Å²) in [5.74, 6) is 1.66. The molecule has 0 saturated heterocycles. The third-order valence-electron chi connectivity index (χ3n) is 3.13. The first kappa shape index (κ1) is 13.7. The molecule has 2 rings (SSSR count). The molecule has 5 heteroatoms. The Morgan fingerprint density at radius 1 is 1.32 bits per heavy atom. The molecule has 1 aromatic rings. The molecular weight excluding hydrogens is 244 g/mol. The van der Waals surface area contributed by atoms with Crippen LogP contribution in [0.2, 0.25) is 0 Å². The minimum absolute atomic E-state index is 0.145. The second-order valence-electron chi connectivity index (χ2n) is 4.68. The van der Waals surface area contributed by atoms with E-state index >= 15 is 0 Å². The molecule has 0 saturated carbocycles. The van der Waals surface area contributed by atoms with Gasteiger partial charge in [-0.2, -0.15) is 0 Å². The van der Waals surface area contributed by atoms with Crippen LogP contribution >= 0.6 is 0 Å². The first-order valence-electron chi connectivity index (χ1n) is 6.53. The number of fused-ring (bicyclic) bond motifs is 1. The summed E-state index contributed by atoms with van der Waals surface area (Å²) < 4.78 is 10.6. The minimum Gasteiger partial charge on any atom is -0.454 e. The highest BCUT2D eigenvalue weighted by Gasteiger charge is 2.15. The van der Waals surface area contributed by atoms with Gasteiger partial charge in [0, 0.05) is 20.0 Å². The third kappa shape index (κ3) is 3.61. The van der Waals surface area contributed by atoms with Gasteiger partial charge in [0.2, 0.25) is 12.7 Å². The first-order chi connectivity index (χ1) is 9.20. The standard InChI is InChI=1S/C14H20N2O3/c1-16(14(17)4-2-3-7-15)9-11-5-6-12-13(8-11)19-10-18-12/h5-6,8H,2-4,7,9-10,15H2,1H3. The number of amides is 1. The van der Waals surface area contributed by atoms with Crippen molar-refractivity contribution < 1.29 is 14.3 Å². The second-order valence-corrected chi connectivity index (χ2v) is 4.68. The largest absolute Gasteiger partial charge is 0.454 e. The van der Waals surface area contributed by atoms with Gasteiger partial charge in [0.05, 0.1) is 0 Å². The lowest BCUT2D eigenvalue weighted by atomic mass is 10.1. The highest BCUT2D eigenvalue weighted by Crippen LogP contribution is 2.32. The van der Waals surface area contributed by atoms with Gasteiger partial charge in [-0.1, -0.05) is 6.07 Å². The molecule has 1 aliphatic heterocycles. The Kier molecular flexibility index (Phi) is 4.63. The first-order valence-corrected chi connectivity index (χ1v) is 6.53. The van der Waals surface area contributed by atoms with Crippen LogP contribution in [0.25, 0.3) is 0 Å². The van der Waals surface area contributed by atoms with E-state index in [9.17, 15) is 4.79 Å². The molecule has 2 N–H and O–H groups in total. The lowest BCUT2D eigenvalue weighted by molar-refractivity contribution is -0.130. The monoisotopic (exact) mass is 264 g/mol. The van der Waals surface area contributed by atoms with Gasteiger partial charge >= 0.3 is 0 Å². The third-order valence-corrected chi connectivity index (χ3v) is 3.13. The van der Waals surface area contributed by atoms with Crippen molar-refractivity contribution in [1.29, 1.82) is 0 Å². The average Bonchev–Trinajstić information content (AvgIpc) is 2.86. The molecule has 0 spiro atoms. The van der Waals surface area contributed by atoms with Gasteiger partial charge in [0.1, 0.15) is 0 Å². The fraction of sp³-hybridized carbons (Fsp3) is 0.500. The molecular formula is C14H20N2O3. The molecule has 0 aromatic heterocycles. The zero-order valence-corrected chi connectivity index (χ0v) is 11.2. The van der Waals surface area contributed by atoms with E-state index in [0.29, 0.717) is 19.5 Å². The SMILES string of the molecule is CN(Cc1ccc2c(c1)OCO2)C(=O)CCCCN. The van der Waals surface area contributed by atoms with Crippen molar-refractivity contribution in [2.75, 3.05) is 20.4 Å². The molecule has 0 unspecified atom stereocenters. The number of unbranched alkanes of at least 4 members (excludes halogenated alkanes) is 1. The van der Waals surface area contributed by atoms with Crippen molar-refractivity contribution in [3.05, 3.63) is 23.8 Å². The Hall–Kier alpha value is -1.75. The Morgan fingerprint density at radius 3 is 2.89 bits per heavy atom. The Morgan fingerprint density at radius 2 is 2.11 bits per heavy atom. The number of hydrogen-bond donors (Lipinski definition) is 1. The number of nitrogens with two attached hydrogens (primary N) is 1. The number of rotatable bonds is 6. The van der Waals surface area contributed by atoms with Crippen LogP contribution in [0.5, 0.6) is 11.5 Å². The zero-order chi connectivity index (χ0) is 13.7. The topological polar surface area (TPSA) is 64.8 Å². The second kappa shape index (κ2) is 6.43. The van der Waals surface area contributed by atoms with Crippen LogP contribution in [0.15, 0.2) is 18.2 Å². The van der Waals surface area contributed by atoms with Crippen molar-refractivity contribution in [2.45, 2.75) is 25.8 Å². The number of carbonyl (C=O) groups is 1. The van der Waals surface area contributed by atoms with Crippen LogP contribution in [0.1, 0.15) is 24.8 Å². The fourth-order valence-corrected chi connectivity index (χ4v) is 2.01. The Labute approximate surface area is 113 Å². The quantitative estimate of drug-likeness (QED) is 0.791. The molecule has 0 radical (unpaired) electrons. The summed E-state index contributed by atoms with van der Waals surface area (Å²) in [6.45, 7) is 1.49. The molecule has 0 fully saturated rings. The van der Waals surface area contributed by atoms with Crippen LogP contribution in [0.3, 0.4) is 0 Å². The van der Waals surface area contributed by atoms with Crippen molar-refractivity contribution in [3.63, 3.8) is 0 Å². The van der Waals surface area contributed by atoms with Gasteiger partial charge in [-0.15, -0.1) is 0 Å². The summed E-state index contributed by atoms with van der Waals surface area (Å²) >= 11 is 0. The minimum atomic E-state index is 0.145. The fourth-order valence-electron chi connectivity index (χ4n) is 2.01. The predicted molar refractivity (Wildman–Crippen MR) is 71.9 cm³/mol. The number of ether oxygens (including phenoxy) is 2. The van der Waals surface area contributed by atoms with E-state index in [4.69, 9.17) is 15.2 Å². The van der Waals surface area contributed by atoms with E-state index in [1.54, 1.807) is 4.90 Å². The summed E-state index contributed by atoms with van der Waals surface area (Å²) in [7, 11) is 1.81. The van der Waals surface area contributed by atoms with Gasteiger partial charge in [-0.05, 0) is 37.1 Å². The van der Waals surface area contributed by atoms with Crippen LogP contribution in [-0.2, 0) is 11.3 Å². The van der Waals surface area contributed by atoms with Crippen molar-refractivity contribution >= 4 is 5.91 Å². The number of nitrogens with zero attached hydrogens (tertiary/aromatic N) is 1. The van der Waals surface area contributed by atoms with E-state index in [1.165, 1.54) is 0 Å². The summed E-state index contributed by atoms with van der Waals surface area (Å²) in [5, 5.41) is 0. The normalized spacial score (nSPS) is 12.5. The van der Waals surface area contributed by atoms with E-state index in [1.807, 2.05) is 25.2 Å². The molecule has 19 heavy (non-hydrogen) atoms. The zero-order valence-electron chi connectivity index (χ0n) is 11.2. The summed E-state index contributed by atoms with van der Waals surface area (Å²) in [5.41, 5.74) is 6.46. The van der Waals surface area contributed by atoms with E-state index in [-0.39, 0.29) is 12.7 Å². The Bertz CT molecular complexity index is 448. The molecule has 5 nitrogen and oxygen atoms in total. The van der Waals surface area contributed by atoms with E-state index in [2.05, 4.69) is 0 Å². The van der Waals surface area contributed by atoms with Crippen molar-refractivity contribution in [3.8, 4) is 11.5 Å². The average molecular weight is 264 g/mol. The van der Waals surface area contributed by atoms with E-state index in [0.717, 1.165) is 29.9 Å². The summed E-state index contributed by atoms with van der Waals surface area (Å²) in [4.78, 5) is 13.6. The smallest absolute Gasteiger partial charge is 0.231 e. The van der Waals surface area contributed by atoms with Gasteiger partial charge in [-0.25, -0.2) is 0 Å². The Balaban J connectivity index is 1.88. The highest BCUT2D eigenvalue weighted by atomic mass is 16.7. The van der Waals surface area contributed by atoms with Gasteiger partial charge < -0.3 is 20.1 Å². The molecule has 0 bridgehead atoms. The van der Waals surface area contributed by atoms with Crippen molar-refractivity contribution in [1.82, 2.24) is 4.90 Å². The van der Waals surface area contributed by atoms with Gasteiger partial charge in [0.15, 0.2) is 11.5 Å². The summed E-state index contributed by atoms with van der Waals surface area (Å²) in [6.07, 6.45) is 2.29. The molecule has 1 heterocycles. The van der Waals surface area contributed by atoms with E-state index < -0.39 is 0 Å². The van der Waals surface area contributed by atoms with Crippen LogP contribution in [-0.4, -0.2) is 31.2 Å². The lowest BCUT2D eigenvalue weighted by Gasteiger charge is -2.17. The van der Waals surface area contributed by atoms with Crippen LogP contribution in [0.4, 0.5) is 0 Å².